The molecular formula is C17H21N3. The van der Waals surface area contributed by atoms with Gasteiger partial charge in [0, 0.05) is 29.1 Å². The zero-order valence-electron chi connectivity index (χ0n) is 12.4. The molecule has 1 unspecified atom stereocenters. The van der Waals surface area contributed by atoms with Gasteiger partial charge < -0.3 is 5.73 Å². The van der Waals surface area contributed by atoms with Crippen LogP contribution in [0.1, 0.15) is 46.8 Å². The van der Waals surface area contributed by atoms with Gasteiger partial charge in [0.25, 0.3) is 0 Å². The van der Waals surface area contributed by atoms with E-state index in [9.17, 15) is 0 Å². The Bertz CT molecular complexity index is 638. The minimum atomic E-state index is 0.105. The molecule has 1 atom stereocenters. The van der Waals surface area contributed by atoms with E-state index in [1.807, 2.05) is 6.20 Å². The summed E-state index contributed by atoms with van der Waals surface area (Å²) in [5.74, 6) is 0.841. The normalized spacial score (nSPS) is 17.9. The lowest BCUT2D eigenvalue weighted by Crippen LogP contribution is -2.19. The van der Waals surface area contributed by atoms with Crippen molar-refractivity contribution in [3.8, 4) is 11.4 Å². The van der Waals surface area contributed by atoms with E-state index in [-0.39, 0.29) is 6.04 Å². The summed E-state index contributed by atoms with van der Waals surface area (Å²) in [6, 6.07) is 4.49. The van der Waals surface area contributed by atoms with Gasteiger partial charge in [-0.25, -0.2) is 9.97 Å². The first kappa shape index (κ1) is 13.3. The van der Waals surface area contributed by atoms with Crippen LogP contribution in [0.25, 0.3) is 11.4 Å². The molecule has 1 aliphatic rings. The van der Waals surface area contributed by atoms with Gasteiger partial charge in [-0.2, -0.15) is 0 Å². The minimum absolute atomic E-state index is 0.105. The number of aromatic nitrogens is 2. The fourth-order valence-electron chi connectivity index (χ4n) is 3.23. The maximum Gasteiger partial charge on any atom is 0.159 e. The van der Waals surface area contributed by atoms with Crippen LogP contribution in [-0.4, -0.2) is 9.97 Å². The van der Waals surface area contributed by atoms with Gasteiger partial charge >= 0.3 is 0 Å². The van der Waals surface area contributed by atoms with Gasteiger partial charge in [0.05, 0.1) is 0 Å². The van der Waals surface area contributed by atoms with E-state index >= 15 is 0 Å². The third-order valence-electron chi connectivity index (χ3n) is 4.13. The molecule has 1 aliphatic carbocycles. The van der Waals surface area contributed by atoms with Crippen LogP contribution in [0.4, 0.5) is 0 Å². The highest BCUT2D eigenvalue weighted by molar-refractivity contribution is 5.65. The molecule has 0 bridgehead atoms. The maximum absolute atomic E-state index is 6.13. The summed E-state index contributed by atoms with van der Waals surface area (Å²) in [5.41, 5.74) is 13.3. The monoisotopic (exact) mass is 267 g/mol. The lowest BCUT2D eigenvalue weighted by molar-refractivity contribution is 0.557. The van der Waals surface area contributed by atoms with Crippen LogP contribution in [0.5, 0.6) is 0 Å². The number of nitrogens with two attached hydrogens (primary N) is 1. The highest BCUT2D eigenvalue weighted by Crippen LogP contribution is 2.30. The Balaban J connectivity index is 2.12. The summed E-state index contributed by atoms with van der Waals surface area (Å²) in [6.45, 7) is 6.38. The number of hydrogen-bond donors (Lipinski definition) is 1. The van der Waals surface area contributed by atoms with Crippen LogP contribution in [0.15, 0.2) is 18.3 Å². The molecule has 1 aromatic heterocycles. The van der Waals surface area contributed by atoms with E-state index in [0.717, 1.165) is 41.9 Å². The number of rotatable bonds is 1. The van der Waals surface area contributed by atoms with Gasteiger partial charge in [-0.3, -0.25) is 0 Å². The molecule has 2 aromatic rings. The molecular weight excluding hydrogens is 246 g/mol. The molecule has 3 nitrogen and oxygen atoms in total. The summed E-state index contributed by atoms with van der Waals surface area (Å²) >= 11 is 0. The molecule has 0 fully saturated rings. The highest BCUT2D eigenvalue weighted by Gasteiger charge is 2.20. The van der Waals surface area contributed by atoms with E-state index in [1.54, 1.807) is 0 Å². The quantitative estimate of drug-likeness (QED) is 0.861. The largest absolute Gasteiger partial charge is 0.324 e. The SMILES string of the molecule is Cc1cc(C)c(-c2ncc3c(n2)CCCC3N)c(C)c1. The predicted octanol–water partition coefficient (Wildman–Crippen LogP) is 3.40. The Labute approximate surface area is 120 Å². The Kier molecular flexibility index (Phi) is 3.30. The number of fused-ring (bicyclic) bond motifs is 1. The van der Waals surface area contributed by atoms with Crippen molar-refractivity contribution in [1.82, 2.24) is 9.97 Å². The summed E-state index contributed by atoms with van der Waals surface area (Å²) in [5, 5.41) is 0. The number of hydrogen-bond acceptors (Lipinski definition) is 3. The van der Waals surface area contributed by atoms with Gasteiger partial charge in [-0.05, 0) is 51.2 Å². The number of nitrogens with zero attached hydrogens (tertiary/aromatic N) is 2. The maximum atomic E-state index is 6.13. The molecule has 1 heterocycles. The van der Waals surface area contributed by atoms with E-state index < -0.39 is 0 Å². The van der Waals surface area contributed by atoms with Crippen molar-refractivity contribution in [2.24, 2.45) is 5.73 Å². The first-order valence-electron chi connectivity index (χ1n) is 7.26. The minimum Gasteiger partial charge on any atom is -0.324 e. The molecule has 0 radical (unpaired) electrons. The Morgan fingerprint density at radius 2 is 1.85 bits per heavy atom. The molecule has 0 aliphatic heterocycles. The van der Waals surface area contributed by atoms with Gasteiger partial charge in [-0.15, -0.1) is 0 Å². The standard InChI is InChI=1S/C17H21N3/c1-10-7-11(2)16(12(3)8-10)17-19-9-13-14(18)5-4-6-15(13)20-17/h7-9,14H,4-6,18H2,1-3H3. The molecule has 0 saturated carbocycles. The molecule has 104 valence electrons. The van der Waals surface area contributed by atoms with Gasteiger partial charge in [0.1, 0.15) is 0 Å². The summed E-state index contributed by atoms with van der Waals surface area (Å²) in [7, 11) is 0. The first-order chi connectivity index (χ1) is 9.56. The molecule has 20 heavy (non-hydrogen) atoms. The van der Waals surface area contributed by atoms with Crippen LogP contribution in [0.2, 0.25) is 0 Å². The van der Waals surface area contributed by atoms with Crippen molar-refractivity contribution in [3.05, 3.63) is 46.3 Å². The topological polar surface area (TPSA) is 51.8 Å². The van der Waals surface area contributed by atoms with Crippen molar-refractivity contribution < 1.29 is 0 Å². The molecule has 2 N–H and O–H groups in total. The van der Waals surface area contributed by atoms with Crippen molar-refractivity contribution >= 4 is 0 Å². The Morgan fingerprint density at radius 3 is 2.55 bits per heavy atom. The first-order valence-corrected chi connectivity index (χ1v) is 7.26. The van der Waals surface area contributed by atoms with Crippen LogP contribution >= 0.6 is 0 Å². The average Bonchev–Trinajstić information content (AvgIpc) is 2.37. The van der Waals surface area contributed by atoms with E-state index in [4.69, 9.17) is 10.7 Å². The predicted molar refractivity (Wildman–Crippen MR) is 81.5 cm³/mol. The second kappa shape index (κ2) is 4.98. The molecule has 0 amide bonds. The Hall–Kier alpha value is -1.74. The molecule has 0 saturated heterocycles. The van der Waals surface area contributed by atoms with Crippen molar-refractivity contribution in [2.75, 3.05) is 0 Å². The Morgan fingerprint density at radius 1 is 1.15 bits per heavy atom. The van der Waals surface area contributed by atoms with Crippen LogP contribution < -0.4 is 5.73 Å². The van der Waals surface area contributed by atoms with Crippen molar-refractivity contribution in [2.45, 2.75) is 46.1 Å². The van der Waals surface area contributed by atoms with Crippen LogP contribution in [0.3, 0.4) is 0 Å². The van der Waals surface area contributed by atoms with Gasteiger partial charge in [-0.1, -0.05) is 17.7 Å². The second-order valence-corrected chi connectivity index (χ2v) is 5.87. The number of benzene rings is 1. The van der Waals surface area contributed by atoms with Crippen molar-refractivity contribution in [3.63, 3.8) is 0 Å². The second-order valence-electron chi connectivity index (χ2n) is 5.87. The third-order valence-corrected chi connectivity index (χ3v) is 4.13. The zero-order valence-corrected chi connectivity index (χ0v) is 12.4. The highest BCUT2D eigenvalue weighted by atomic mass is 14.9. The van der Waals surface area contributed by atoms with Crippen LogP contribution in [-0.2, 0) is 6.42 Å². The molecule has 1 aromatic carbocycles. The molecule has 3 rings (SSSR count). The fraction of sp³-hybridized carbons (Fsp3) is 0.412. The third kappa shape index (κ3) is 2.22. The van der Waals surface area contributed by atoms with Crippen molar-refractivity contribution in [1.29, 1.82) is 0 Å². The van der Waals surface area contributed by atoms with Gasteiger partial charge in [0.15, 0.2) is 5.82 Å². The van der Waals surface area contributed by atoms with Crippen LogP contribution in [0, 0.1) is 20.8 Å². The summed E-state index contributed by atoms with van der Waals surface area (Å²) in [4.78, 5) is 9.37. The summed E-state index contributed by atoms with van der Waals surface area (Å²) in [6.07, 6.45) is 5.11. The van der Waals surface area contributed by atoms with E-state index in [1.165, 1.54) is 16.7 Å². The zero-order chi connectivity index (χ0) is 14.3. The lowest BCUT2D eigenvalue weighted by Gasteiger charge is -2.21. The average molecular weight is 267 g/mol. The van der Waals surface area contributed by atoms with E-state index in [0.29, 0.717) is 0 Å². The number of aryl methyl sites for hydroxylation is 4. The van der Waals surface area contributed by atoms with E-state index in [2.05, 4.69) is 37.9 Å². The fourth-order valence-corrected chi connectivity index (χ4v) is 3.23. The molecule has 0 spiro atoms. The summed E-state index contributed by atoms with van der Waals surface area (Å²) < 4.78 is 0. The van der Waals surface area contributed by atoms with Gasteiger partial charge in [0.2, 0.25) is 0 Å². The smallest absolute Gasteiger partial charge is 0.159 e. The molecule has 3 heteroatoms. The lowest BCUT2D eigenvalue weighted by atomic mass is 9.92.